The molecule has 0 unspecified atom stereocenters. The standard InChI is InChI=1S/C15H20O3S/c1-11-6-8-13(9-7-11)19(17)10-12(2)18-15-5-3-4-14(15)16/h6-9,14-16H,2-5,10H2,1H3/t14-,15+,19+/m0/s1. The van der Waals surface area contributed by atoms with Gasteiger partial charge in [-0.05, 0) is 38.3 Å². The SMILES string of the molecule is C=C(C[S@@](=O)c1ccc(C)cc1)O[C@@H]1CCC[C@@H]1O. The second-order valence-corrected chi connectivity index (χ2v) is 6.45. The fourth-order valence-electron chi connectivity index (χ4n) is 2.21. The third kappa shape index (κ3) is 3.91. The Morgan fingerprint density at radius 2 is 2.11 bits per heavy atom. The normalized spacial score (nSPS) is 24.1. The van der Waals surface area contributed by atoms with Gasteiger partial charge < -0.3 is 9.84 Å². The number of benzene rings is 1. The van der Waals surface area contributed by atoms with E-state index in [0.717, 1.165) is 29.7 Å². The van der Waals surface area contributed by atoms with E-state index in [0.29, 0.717) is 5.76 Å². The zero-order valence-corrected chi connectivity index (χ0v) is 12.0. The van der Waals surface area contributed by atoms with Crippen LogP contribution in [-0.2, 0) is 15.5 Å². The minimum absolute atomic E-state index is 0.178. The molecule has 104 valence electrons. The van der Waals surface area contributed by atoms with Crippen LogP contribution < -0.4 is 0 Å². The van der Waals surface area contributed by atoms with Crippen LogP contribution in [0.3, 0.4) is 0 Å². The highest BCUT2D eigenvalue weighted by Crippen LogP contribution is 2.24. The zero-order chi connectivity index (χ0) is 13.8. The highest BCUT2D eigenvalue weighted by molar-refractivity contribution is 7.85. The second-order valence-electron chi connectivity index (χ2n) is 5.00. The third-order valence-corrected chi connectivity index (χ3v) is 4.69. The van der Waals surface area contributed by atoms with Crippen molar-refractivity contribution in [3.8, 4) is 0 Å². The highest BCUT2D eigenvalue weighted by Gasteiger charge is 2.27. The summed E-state index contributed by atoms with van der Waals surface area (Å²) in [5.74, 6) is 0.775. The molecule has 1 fully saturated rings. The largest absolute Gasteiger partial charge is 0.492 e. The molecule has 4 heteroatoms. The Hall–Kier alpha value is -1.13. The number of hydrogen-bond acceptors (Lipinski definition) is 3. The average molecular weight is 280 g/mol. The van der Waals surface area contributed by atoms with Gasteiger partial charge >= 0.3 is 0 Å². The van der Waals surface area contributed by atoms with Crippen LogP contribution in [0.15, 0.2) is 41.5 Å². The molecule has 0 amide bonds. The summed E-state index contributed by atoms with van der Waals surface area (Å²) >= 11 is 0. The van der Waals surface area contributed by atoms with Crippen molar-refractivity contribution in [2.24, 2.45) is 0 Å². The van der Waals surface area contributed by atoms with Crippen molar-refractivity contribution in [1.82, 2.24) is 0 Å². The number of aliphatic hydroxyl groups excluding tert-OH is 1. The lowest BCUT2D eigenvalue weighted by Gasteiger charge is -2.18. The summed E-state index contributed by atoms with van der Waals surface area (Å²) in [6.45, 7) is 5.81. The lowest BCUT2D eigenvalue weighted by molar-refractivity contribution is 0.0195. The molecule has 1 aromatic carbocycles. The van der Waals surface area contributed by atoms with Crippen LogP contribution in [0.2, 0.25) is 0 Å². The third-order valence-electron chi connectivity index (χ3n) is 3.31. The first kappa shape index (κ1) is 14.3. The molecule has 0 aliphatic heterocycles. The highest BCUT2D eigenvalue weighted by atomic mass is 32.2. The predicted octanol–water partition coefficient (Wildman–Crippen LogP) is 2.55. The minimum Gasteiger partial charge on any atom is -0.492 e. The van der Waals surface area contributed by atoms with Crippen LogP contribution in [0.1, 0.15) is 24.8 Å². The molecule has 2 rings (SSSR count). The maximum atomic E-state index is 12.1. The van der Waals surface area contributed by atoms with Gasteiger partial charge in [0.05, 0.1) is 22.7 Å². The topological polar surface area (TPSA) is 46.5 Å². The van der Waals surface area contributed by atoms with E-state index in [9.17, 15) is 9.32 Å². The molecule has 1 aliphatic rings. The summed E-state index contributed by atoms with van der Waals surface area (Å²) < 4.78 is 17.7. The summed E-state index contributed by atoms with van der Waals surface area (Å²) in [5, 5.41) is 9.68. The summed E-state index contributed by atoms with van der Waals surface area (Å²) in [5.41, 5.74) is 1.14. The number of hydrogen-bond donors (Lipinski definition) is 1. The Morgan fingerprint density at radius 1 is 1.42 bits per heavy atom. The Bertz CT molecular complexity index is 467. The van der Waals surface area contributed by atoms with Crippen LogP contribution in [0.4, 0.5) is 0 Å². The molecule has 0 radical (unpaired) electrons. The van der Waals surface area contributed by atoms with E-state index < -0.39 is 16.9 Å². The summed E-state index contributed by atoms with van der Waals surface area (Å²) in [7, 11) is -1.14. The molecule has 1 saturated carbocycles. The number of rotatable bonds is 5. The Morgan fingerprint density at radius 3 is 2.68 bits per heavy atom. The molecule has 0 aromatic heterocycles. The molecule has 0 saturated heterocycles. The van der Waals surface area contributed by atoms with Crippen molar-refractivity contribution in [2.45, 2.75) is 43.3 Å². The second kappa shape index (κ2) is 6.35. The van der Waals surface area contributed by atoms with E-state index in [2.05, 4.69) is 6.58 Å². The van der Waals surface area contributed by atoms with E-state index in [4.69, 9.17) is 4.74 Å². The van der Waals surface area contributed by atoms with E-state index in [1.54, 1.807) is 0 Å². The van der Waals surface area contributed by atoms with E-state index in [1.807, 2.05) is 31.2 Å². The van der Waals surface area contributed by atoms with Gasteiger partial charge in [-0.3, -0.25) is 4.21 Å². The van der Waals surface area contributed by atoms with Crippen molar-refractivity contribution < 1.29 is 14.1 Å². The lowest BCUT2D eigenvalue weighted by atomic mass is 10.2. The van der Waals surface area contributed by atoms with Crippen LogP contribution in [0.5, 0.6) is 0 Å². The lowest BCUT2D eigenvalue weighted by Crippen LogP contribution is -2.23. The van der Waals surface area contributed by atoms with Crippen LogP contribution in [0, 0.1) is 6.92 Å². The van der Waals surface area contributed by atoms with Gasteiger partial charge in [0.15, 0.2) is 0 Å². The predicted molar refractivity (Wildman–Crippen MR) is 76.3 cm³/mol. The van der Waals surface area contributed by atoms with Gasteiger partial charge in [0.2, 0.25) is 0 Å². The van der Waals surface area contributed by atoms with Crippen LogP contribution in [0.25, 0.3) is 0 Å². The molecule has 0 heterocycles. The molecular weight excluding hydrogens is 260 g/mol. The smallest absolute Gasteiger partial charge is 0.124 e. The van der Waals surface area contributed by atoms with Crippen LogP contribution >= 0.6 is 0 Å². The Kier molecular flexibility index (Phi) is 4.77. The molecule has 1 aliphatic carbocycles. The maximum Gasteiger partial charge on any atom is 0.124 e. The fourth-order valence-corrected chi connectivity index (χ4v) is 3.18. The molecule has 3 nitrogen and oxygen atoms in total. The summed E-state index contributed by atoms with van der Waals surface area (Å²) in [6.07, 6.45) is 2.00. The van der Waals surface area contributed by atoms with Gasteiger partial charge in [-0.1, -0.05) is 24.3 Å². The first-order valence-electron chi connectivity index (χ1n) is 6.54. The quantitative estimate of drug-likeness (QED) is 0.843. The Labute approximate surface area is 116 Å². The van der Waals surface area contributed by atoms with Crippen molar-refractivity contribution in [3.05, 3.63) is 42.2 Å². The van der Waals surface area contributed by atoms with Crippen molar-refractivity contribution in [3.63, 3.8) is 0 Å². The van der Waals surface area contributed by atoms with Gasteiger partial charge in [0, 0.05) is 4.90 Å². The van der Waals surface area contributed by atoms with E-state index in [-0.39, 0.29) is 11.9 Å². The molecule has 19 heavy (non-hydrogen) atoms. The van der Waals surface area contributed by atoms with E-state index in [1.165, 1.54) is 0 Å². The van der Waals surface area contributed by atoms with Gasteiger partial charge in [-0.25, -0.2) is 0 Å². The number of aliphatic hydroxyl groups is 1. The molecule has 3 atom stereocenters. The number of ether oxygens (including phenoxy) is 1. The van der Waals surface area contributed by atoms with E-state index >= 15 is 0 Å². The van der Waals surface area contributed by atoms with Crippen molar-refractivity contribution in [1.29, 1.82) is 0 Å². The van der Waals surface area contributed by atoms with Crippen molar-refractivity contribution >= 4 is 10.8 Å². The van der Waals surface area contributed by atoms with Gasteiger partial charge in [0.1, 0.15) is 11.9 Å². The van der Waals surface area contributed by atoms with Gasteiger partial charge in [-0.2, -0.15) is 0 Å². The fraction of sp³-hybridized carbons (Fsp3) is 0.467. The summed E-state index contributed by atoms with van der Waals surface area (Å²) in [6, 6.07) is 7.61. The molecule has 1 aromatic rings. The van der Waals surface area contributed by atoms with Crippen LogP contribution in [-0.4, -0.2) is 27.3 Å². The van der Waals surface area contributed by atoms with Crippen molar-refractivity contribution in [2.75, 3.05) is 5.75 Å². The monoisotopic (exact) mass is 280 g/mol. The minimum atomic E-state index is -1.14. The molecule has 0 bridgehead atoms. The Balaban J connectivity index is 1.88. The molecular formula is C15H20O3S. The molecule has 1 N–H and O–H groups in total. The zero-order valence-electron chi connectivity index (χ0n) is 11.2. The first-order valence-corrected chi connectivity index (χ1v) is 7.85. The molecule has 0 spiro atoms. The average Bonchev–Trinajstić information content (AvgIpc) is 2.75. The van der Waals surface area contributed by atoms with Gasteiger partial charge in [0.25, 0.3) is 0 Å². The van der Waals surface area contributed by atoms with Gasteiger partial charge in [-0.15, -0.1) is 0 Å². The summed E-state index contributed by atoms with van der Waals surface area (Å²) in [4.78, 5) is 0.780. The first-order chi connectivity index (χ1) is 9.06. The maximum absolute atomic E-state index is 12.1. The number of aryl methyl sites for hydroxylation is 1.